The van der Waals surface area contributed by atoms with Gasteiger partial charge in [0, 0.05) is 25.7 Å². The maximum Gasteiger partial charge on any atom is 0.472 e. The molecule has 3 N–H and O–H groups in total. The minimum Gasteiger partial charge on any atom is -0.462 e. The van der Waals surface area contributed by atoms with E-state index in [1.165, 1.54) is 161 Å². The third-order valence-electron chi connectivity index (χ3n) is 16.7. The molecule has 534 valence electrons. The predicted molar refractivity (Wildman–Crippen MR) is 363 cm³/mol. The smallest absolute Gasteiger partial charge is 0.462 e. The minimum absolute atomic E-state index is 0.103. The maximum atomic E-state index is 13.0. The van der Waals surface area contributed by atoms with E-state index in [0.717, 1.165) is 108 Å². The SMILES string of the molecule is CCCCCCCCCCCCCCCCCCC(=O)O[C@H](COC(=O)CCCCCCCCCCCCC(C)CC)COP(=O)(O)OC[C@@H](O)COP(=O)(O)OC[C@@H](COC(=O)CCCCCCCCC(C)C)OC(=O)CCCCCCCCCCC(C)C. The van der Waals surface area contributed by atoms with Gasteiger partial charge in [-0.3, -0.25) is 37.3 Å². The van der Waals surface area contributed by atoms with Crippen molar-refractivity contribution in [2.45, 2.75) is 375 Å². The molecular weight excluding hydrogens is 1190 g/mol. The van der Waals surface area contributed by atoms with E-state index < -0.39 is 97.5 Å². The molecule has 0 spiro atoms. The summed E-state index contributed by atoms with van der Waals surface area (Å²) in [5.41, 5.74) is 0. The van der Waals surface area contributed by atoms with Gasteiger partial charge in [-0.25, -0.2) is 9.13 Å². The van der Waals surface area contributed by atoms with Crippen molar-refractivity contribution < 1.29 is 80.2 Å². The first kappa shape index (κ1) is 88.1. The molecule has 0 rings (SSSR count). The van der Waals surface area contributed by atoms with Crippen LogP contribution in [0, 0.1) is 17.8 Å². The van der Waals surface area contributed by atoms with Crippen molar-refractivity contribution in [3.05, 3.63) is 0 Å². The number of rotatable bonds is 69. The predicted octanol–water partition coefficient (Wildman–Crippen LogP) is 20.2. The topological polar surface area (TPSA) is 237 Å². The number of aliphatic hydroxyl groups excluding tert-OH is 1. The third kappa shape index (κ3) is 63.5. The molecule has 0 aromatic heterocycles. The molecule has 0 saturated carbocycles. The molecule has 17 nitrogen and oxygen atoms in total. The Bertz CT molecular complexity index is 1770. The van der Waals surface area contributed by atoms with Crippen LogP contribution in [0.2, 0.25) is 0 Å². The highest BCUT2D eigenvalue weighted by molar-refractivity contribution is 7.47. The zero-order valence-corrected chi connectivity index (χ0v) is 60.4. The van der Waals surface area contributed by atoms with Gasteiger partial charge in [0.05, 0.1) is 26.4 Å². The van der Waals surface area contributed by atoms with Gasteiger partial charge in [-0.1, -0.05) is 305 Å². The Hall–Kier alpha value is -1.94. The zero-order chi connectivity index (χ0) is 66.6. The number of hydrogen-bond acceptors (Lipinski definition) is 15. The Labute approximate surface area is 549 Å². The van der Waals surface area contributed by atoms with E-state index in [-0.39, 0.29) is 25.7 Å². The summed E-state index contributed by atoms with van der Waals surface area (Å²) in [5, 5.41) is 10.6. The van der Waals surface area contributed by atoms with Crippen LogP contribution < -0.4 is 0 Å². The van der Waals surface area contributed by atoms with Crippen molar-refractivity contribution >= 4 is 39.5 Å². The summed E-state index contributed by atoms with van der Waals surface area (Å²) in [6.45, 7) is 11.8. The summed E-state index contributed by atoms with van der Waals surface area (Å²) >= 11 is 0. The second-order valence-electron chi connectivity index (χ2n) is 26.8. The molecule has 0 fully saturated rings. The van der Waals surface area contributed by atoms with Crippen molar-refractivity contribution in [1.82, 2.24) is 0 Å². The van der Waals surface area contributed by atoms with E-state index in [1.807, 2.05) is 0 Å². The summed E-state index contributed by atoms with van der Waals surface area (Å²) in [6.07, 6.45) is 45.9. The van der Waals surface area contributed by atoms with Crippen LogP contribution in [0.25, 0.3) is 0 Å². The molecule has 0 amide bonds. The van der Waals surface area contributed by atoms with Crippen LogP contribution in [0.3, 0.4) is 0 Å². The maximum absolute atomic E-state index is 13.0. The van der Waals surface area contributed by atoms with Gasteiger partial charge in [0.2, 0.25) is 0 Å². The Morgan fingerprint density at radius 3 is 0.844 bits per heavy atom. The zero-order valence-electron chi connectivity index (χ0n) is 58.6. The van der Waals surface area contributed by atoms with Gasteiger partial charge < -0.3 is 33.8 Å². The second kappa shape index (κ2) is 61.9. The van der Waals surface area contributed by atoms with Crippen molar-refractivity contribution in [3.63, 3.8) is 0 Å². The number of phosphoric ester groups is 2. The molecule has 0 radical (unpaired) electrons. The molecule has 6 atom stereocenters. The molecule has 19 heteroatoms. The van der Waals surface area contributed by atoms with E-state index in [1.54, 1.807) is 0 Å². The van der Waals surface area contributed by atoms with Gasteiger partial charge >= 0.3 is 39.5 Å². The van der Waals surface area contributed by atoms with Crippen LogP contribution in [0.15, 0.2) is 0 Å². The van der Waals surface area contributed by atoms with Crippen molar-refractivity contribution in [3.8, 4) is 0 Å². The number of hydrogen-bond donors (Lipinski definition) is 3. The van der Waals surface area contributed by atoms with Crippen LogP contribution in [-0.4, -0.2) is 96.7 Å². The number of phosphoric acid groups is 2. The molecule has 90 heavy (non-hydrogen) atoms. The number of aliphatic hydroxyl groups is 1. The number of carbonyl (C=O) groups excluding carboxylic acids is 4. The number of ether oxygens (including phenoxy) is 4. The molecule has 0 saturated heterocycles. The van der Waals surface area contributed by atoms with Crippen LogP contribution in [0.1, 0.15) is 357 Å². The van der Waals surface area contributed by atoms with Crippen LogP contribution in [-0.2, 0) is 65.4 Å². The van der Waals surface area contributed by atoms with Crippen LogP contribution in [0.4, 0.5) is 0 Å². The lowest BCUT2D eigenvalue weighted by atomic mass is 9.99. The van der Waals surface area contributed by atoms with Gasteiger partial charge in [-0.15, -0.1) is 0 Å². The number of carbonyl (C=O) groups is 4. The molecule has 0 bridgehead atoms. The Morgan fingerprint density at radius 1 is 0.322 bits per heavy atom. The van der Waals surface area contributed by atoms with Crippen LogP contribution in [0.5, 0.6) is 0 Å². The summed E-state index contributed by atoms with van der Waals surface area (Å²) in [6, 6.07) is 0. The van der Waals surface area contributed by atoms with Gasteiger partial charge in [-0.2, -0.15) is 0 Å². The Kier molecular flexibility index (Phi) is 60.6. The fourth-order valence-electron chi connectivity index (χ4n) is 10.7. The van der Waals surface area contributed by atoms with Gasteiger partial charge in [0.25, 0.3) is 0 Å². The Balaban J connectivity index is 5.24. The van der Waals surface area contributed by atoms with Gasteiger partial charge in [0.15, 0.2) is 12.2 Å². The van der Waals surface area contributed by atoms with E-state index in [9.17, 15) is 43.2 Å². The first-order chi connectivity index (χ1) is 43.3. The molecule has 0 aliphatic carbocycles. The summed E-state index contributed by atoms with van der Waals surface area (Å²) in [7, 11) is -9.90. The minimum atomic E-state index is -4.95. The lowest BCUT2D eigenvalue weighted by Gasteiger charge is -2.21. The van der Waals surface area contributed by atoms with E-state index in [0.29, 0.717) is 31.6 Å². The summed E-state index contributed by atoms with van der Waals surface area (Å²) in [4.78, 5) is 72.5. The number of esters is 4. The van der Waals surface area contributed by atoms with E-state index >= 15 is 0 Å². The lowest BCUT2D eigenvalue weighted by Crippen LogP contribution is -2.30. The molecule has 3 unspecified atom stereocenters. The first-order valence-electron chi connectivity index (χ1n) is 36.9. The standard InChI is InChI=1S/C71H138O17P2/c1-8-10-11-12-13-14-15-16-17-18-19-20-25-31-40-47-54-70(75)87-66(58-81-68(73)52-45-38-30-24-22-21-23-29-37-44-51-64(7)9-2)60-85-89(77,78)83-56-65(72)57-84-90(79,80)86-61-67(59-82-69(74)53-46-39-34-33-36-43-50-63(5)6)88-71(76)55-48-41-32-27-26-28-35-42-49-62(3)4/h62-67,72H,8-61H2,1-7H3,(H,77,78)(H,79,80)/t64?,65-,66-,67-/m1/s1. The van der Waals surface area contributed by atoms with Gasteiger partial charge in [-0.05, 0) is 43.4 Å². The number of unbranched alkanes of at least 4 members (excludes halogenated alkanes) is 36. The average molecular weight is 1330 g/mol. The summed E-state index contributed by atoms with van der Waals surface area (Å²) in [5.74, 6) is 0.0797. The third-order valence-corrected chi connectivity index (χ3v) is 18.6. The second-order valence-corrected chi connectivity index (χ2v) is 29.7. The highest BCUT2D eigenvalue weighted by atomic mass is 31.2. The largest absolute Gasteiger partial charge is 0.472 e. The Morgan fingerprint density at radius 2 is 0.567 bits per heavy atom. The fourth-order valence-corrected chi connectivity index (χ4v) is 12.3. The molecular formula is C71H138O17P2. The average Bonchev–Trinajstić information content (AvgIpc) is 3.72. The van der Waals surface area contributed by atoms with E-state index in [4.69, 9.17) is 37.0 Å². The van der Waals surface area contributed by atoms with Crippen molar-refractivity contribution in [1.29, 1.82) is 0 Å². The molecule has 0 aliphatic heterocycles. The quantitative estimate of drug-likeness (QED) is 0.0222. The molecule has 0 aliphatic rings. The first-order valence-corrected chi connectivity index (χ1v) is 39.9. The molecule has 0 aromatic carbocycles. The summed E-state index contributed by atoms with van der Waals surface area (Å²) < 4.78 is 68.3. The normalized spacial score (nSPS) is 14.5. The highest BCUT2D eigenvalue weighted by Gasteiger charge is 2.30. The van der Waals surface area contributed by atoms with Gasteiger partial charge in [0.1, 0.15) is 19.3 Å². The van der Waals surface area contributed by atoms with E-state index in [2.05, 4.69) is 48.5 Å². The fraction of sp³-hybridized carbons (Fsp3) is 0.944. The van der Waals surface area contributed by atoms with Crippen LogP contribution >= 0.6 is 15.6 Å². The molecule has 0 heterocycles. The monoisotopic (exact) mass is 1320 g/mol. The highest BCUT2D eigenvalue weighted by Crippen LogP contribution is 2.45. The van der Waals surface area contributed by atoms with Crippen molar-refractivity contribution in [2.24, 2.45) is 17.8 Å². The lowest BCUT2D eigenvalue weighted by molar-refractivity contribution is -0.161. The molecule has 0 aromatic rings. The van der Waals surface area contributed by atoms with Crippen molar-refractivity contribution in [2.75, 3.05) is 39.6 Å².